The van der Waals surface area contributed by atoms with Crippen molar-refractivity contribution in [3.8, 4) is 0 Å². The fourth-order valence-electron chi connectivity index (χ4n) is 3.70. The lowest BCUT2D eigenvalue weighted by molar-refractivity contribution is 0.0951. The van der Waals surface area contributed by atoms with Crippen molar-refractivity contribution in [2.75, 3.05) is 11.9 Å². The maximum Gasteiger partial charge on any atom is 0.251 e. The second-order valence-corrected chi connectivity index (χ2v) is 8.06. The Kier molecular flexibility index (Phi) is 9.05. The molecule has 0 aliphatic heterocycles. The summed E-state index contributed by atoms with van der Waals surface area (Å²) in [5.41, 5.74) is 4.73. The molecule has 1 unspecified atom stereocenters. The van der Waals surface area contributed by atoms with Crippen LogP contribution in [0.5, 0.6) is 0 Å². The Balaban J connectivity index is 1.55. The van der Waals surface area contributed by atoms with Gasteiger partial charge >= 0.3 is 0 Å². The smallest absolute Gasteiger partial charge is 0.251 e. The third-order valence-corrected chi connectivity index (χ3v) is 5.59. The van der Waals surface area contributed by atoms with Crippen LogP contribution in [0.2, 0.25) is 0 Å². The molecule has 32 heavy (non-hydrogen) atoms. The van der Waals surface area contributed by atoms with Crippen LogP contribution < -0.4 is 10.6 Å². The predicted octanol–water partition coefficient (Wildman–Crippen LogP) is 6.94. The largest absolute Gasteiger partial charge is 0.356 e. The van der Waals surface area contributed by atoms with Gasteiger partial charge in [0.1, 0.15) is 0 Å². The van der Waals surface area contributed by atoms with Gasteiger partial charge in [0, 0.05) is 35.9 Å². The first-order valence-corrected chi connectivity index (χ1v) is 11.5. The summed E-state index contributed by atoms with van der Waals surface area (Å²) in [6.07, 6.45) is 12.3. The molecule has 1 atom stereocenters. The van der Waals surface area contributed by atoms with Crippen LogP contribution in [0.15, 0.2) is 73.1 Å². The van der Waals surface area contributed by atoms with Gasteiger partial charge in [-0.2, -0.15) is 0 Å². The summed E-state index contributed by atoms with van der Waals surface area (Å²) in [7, 11) is 0. The second kappa shape index (κ2) is 12.5. The van der Waals surface area contributed by atoms with Crippen LogP contribution in [0.1, 0.15) is 61.0 Å². The standard InChI is InChI=1S/C28H33N3O/c1-3-7-22(4-2)17-19-30-28(32)25-9-5-10-27(20-25)31-26-15-13-23(14-16-26)11-12-24-8-6-18-29-21-24/h5-6,8-16,18,20-22,31H,3-4,7,17,19H2,1-2H3,(H,30,32)/b12-11+. The lowest BCUT2D eigenvalue weighted by atomic mass is 9.97. The van der Waals surface area contributed by atoms with E-state index in [9.17, 15) is 4.79 Å². The van der Waals surface area contributed by atoms with Crippen molar-refractivity contribution >= 4 is 29.4 Å². The minimum Gasteiger partial charge on any atom is -0.356 e. The number of rotatable bonds is 11. The molecule has 1 amide bonds. The SMILES string of the molecule is CCCC(CC)CCNC(=O)c1cccc(Nc2ccc(/C=C/c3cccnc3)cc2)c1. The number of pyridine rings is 1. The molecule has 0 saturated heterocycles. The van der Waals surface area contributed by atoms with Gasteiger partial charge < -0.3 is 10.6 Å². The van der Waals surface area contributed by atoms with Gasteiger partial charge in [-0.25, -0.2) is 0 Å². The fraction of sp³-hybridized carbons (Fsp3) is 0.286. The molecule has 0 bridgehead atoms. The summed E-state index contributed by atoms with van der Waals surface area (Å²) in [5.74, 6) is 0.673. The molecule has 0 aliphatic carbocycles. The molecule has 0 fully saturated rings. The van der Waals surface area contributed by atoms with E-state index in [1.165, 1.54) is 19.3 Å². The molecule has 0 aliphatic rings. The van der Waals surface area contributed by atoms with Crippen molar-refractivity contribution in [1.29, 1.82) is 0 Å². The number of hydrogen-bond acceptors (Lipinski definition) is 3. The van der Waals surface area contributed by atoms with Crippen molar-refractivity contribution in [2.24, 2.45) is 5.92 Å². The number of carbonyl (C=O) groups excluding carboxylic acids is 1. The quantitative estimate of drug-likeness (QED) is 0.348. The first-order valence-electron chi connectivity index (χ1n) is 11.5. The first kappa shape index (κ1) is 23.3. The maximum absolute atomic E-state index is 12.6. The highest BCUT2D eigenvalue weighted by Crippen LogP contribution is 2.20. The molecule has 1 aromatic heterocycles. The molecular weight excluding hydrogens is 394 g/mol. The van der Waals surface area contributed by atoms with Crippen molar-refractivity contribution < 1.29 is 4.79 Å². The van der Waals surface area contributed by atoms with Crippen LogP contribution in [-0.2, 0) is 0 Å². The molecule has 0 saturated carbocycles. The molecule has 3 aromatic rings. The van der Waals surface area contributed by atoms with Gasteiger partial charge in [-0.15, -0.1) is 0 Å². The topological polar surface area (TPSA) is 54.0 Å². The summed E-state index contributed by atoms with van der Waals surface area (Å²) >= 11 is 0. The second-order valence-electron chi connectivity index (χ2n) is 8.06. The fourth-order valence-corrected chi connectivity index (χ4v) is 3.70. The van der Waals surface area contributed by atoms with Gasteiger partial charge in [-0.05, 0) is 59.9 Å². The van der Waals surface area contributed by atoms with Gasteiger partial charge in [-0.1, -0.05) is 69.5 Å². The molecule has 2 N–H and O–H groups in total. The zero-order valence-electron chi connectivity index (χ0n) is 19.1. The zero-order valence-corrected chi connectivity index (χ0v) is 19.1. The van der Waals surface area contributed by atoms with Crippen LogP contribution in [-0.4, -0.2) is 17.4 Å². The van der Waals surface area contributed by atoms with Crippen molar-refractivity contribution in [1.82, 2.24) is 10.3 Å². The van der Waals surface area contributed by atoms with Crippen LogP contribution in [0.25, 0.3) is 12.2 Å². The Morgan fingerprint density at radius 3 is 2.47 bits per heavy atom. The average Bonchev–Trinajstić information content (AvgIpc) is 2.84. The van der Waals surface area contributed by atoms with Gasteiger partial charge in [0.25, 0.3) is 5.91 Å². The highest BCUT2D eigenvalue weighted by atomic mass is 16.1. The van der Waals surface area contributed by atoms with Gasteiger partial charge in [0.2, 0.25) is 0 Å². The van der Waals surface area contributed by atoms with Crippen molar-refractivity contribution in [3.63, 3.8) is 0 Å². The van der Waals surface area contributed by atoms with Gasteiger partial charge in [0.15, 0.2) is 0 Å². The van der Waals surface area contributed by atoms with Crippen molar-refractivity contribution in [3.05, 3.63) is 89.7 Å². The predicted molar refractivity (Wildman–Crippen MR) is 135 cm³/mol. The number of nitrogens with one attached hydrogen (secondary N) is 2. The van der Waals surface area contributed by atoms with E-state index in [-0.39, 0.29) is 5.91 Å². The highest BCUT2D eigenvalue weighted by molar-refractivity contribution is 5.95. The Bertz CT molecular complexity index is 997. The Morgan fingerprint density at radius 1 is 0.938 bits per heavy atom. The summed E-state index contributed by atoms with van der Waals surface area (Å²) in [6.45, 7) is 5.16. The van der Waals surface area contributed by atoms with Crippen molar-refractivity contribution in [2.45, 2.75) is 39.5 Å². The molecule has 166 valence electrons. The number of benzene rings is 2. The van der Waals surface area contributed by atoms with E-state index in [1.54, 1.807) is 6.20 Å². The molecular formula is C28H33N3O. The minimum absolute atomic E-state index is 0.0177. The average molecular weight is 428 g/mol. The third-order valence-electron chi connectivity index (χ3n) is 5.59. The van der Waals surface area contributed by atoms with Crippen LogP contribution in [0.4, 0.5) is 11.4 Å². The zero-order chi connectivity index (χ0) is 22.6. The molecule has 3 rings (SSSR count). The Hall–Kier alpha value is -3.40. The van der Waals surface area contributed by atoms with Gasteiger partial charge in [-0.3, -0.25) is 9.78 Å². The molecule has 1 heterocycles. The first-order chi connectivity index (χ1) is 15.7. The van der Waals surface area contributed by atoms with E-state index in [1.807, 2.05) is 60.8 Å². The molecule has 0 spiro atoms. The molecule has 4 heteroatoms. The summed E-state index contributed by atoms with van der Waals surface area (Å²) in [6, 6.07) is 19.8. The summed E-state index contributed by atoms with van der Waals surface area (Å²) < 4.78 is 0. The van der Waals surface area contributed by atoms with E-state index in [0.717, 1.165) is 35.5 Å². The van der Waals surface area contributed by atoms with E-state index in [0.29, 0.717) is 11.5 Å². The monoisotopic (exact) mass is 427 g/mol. The number of aromatic nitrogens is 1. The van der Waals surface area contributed by atoms with Crippen LogP contribution in [0, 0.1) is 5.92 Å². The lowest BCUT2D eigenvalue weighted by Crippen LogP contribution is -2.26. The highest BCUT2D eigenvalue weighted by Gasteiger charge is 2.09. The minimum atomic E-state index is -0.0177. The Morgan fingerprint density at radius 2 is 1.75 bits per heavy atom. The molecule has 2 aromatic carbocycles. The van der Waals surface area contributed by atoms with Crippen LogP contribution >= 0.6 is 0 Å². The molecule has 4 nitrogen and oxygen atoms in total. The number of amides is 1. The number of carbonyl (C=O) groups is 1. The number of hydrogen-bond donors (Lipinski definition) is 2. The van der Waals surface area contributed by atoms with E-state index >= 15 is 0 Å². The summed E-state index contributed by atoms with van der Waals surface area (Å²) in [4.78, 5) is 16.7. The number of nitrogens with zero attached hydrogens (tertiary/aromatic N) is 1. The maximum atomic E-state index is 12.6. The Labute approximate surface area is 191 Å². The van der Waals surface area contributed by atoms with Gasteiger partial charge in [0.05, 0.1) is 0 Å². The van der Waals surface area contributed by atoms with E-state index < -0.39 is 0 Å². The normalized spacial score (nSPS) is 11.9. The molecule has 0 radical (unpaired) electrons. The number of anilines is 2. The van der Waals surface area contributed by atoms with E-state index in [4.69, 9.17) is 0 Å². The van der Waals surface area contributed by atoms with E-state index in [2.05, 4.69) is 47.7 Å². The lowest BCUT2D eigenvalue weighted by Gasteiger charge is -2.14. The summed E-state index contributed by atoms with van der Waals surface area (Å²) in [5, 5.41) is 6.46. The third kappa shape index (κ3) is 7.38. The van der Waals surface area contributed by atoms with Crippen LogP contribution in [0.3, 0.4) is 0 Å².